The van der Waals surface area contributed by atoms with Crippen LogP contribution < -0.4 is 4.74 Å². The normalized spacial score (nSPS) is 19.9. The van der Waals surface area contributed by atoms with Gasteiger partial charge in [0.2, 0.25) is 0 Å². The molecule has 0 aromatic heterocycles. The highest BCUT2D eigenvalue weighted by molar-refractivity contribution is 7.96. The summed E-state index contributed by atoms with van der Waals surface area (Å²) in [6.45, 7) is 4.04. The fourth-order valence-electron chi connectivity index (χ4n) is 4.15. The number of benzene rings is 1. The smallest absolute Gasteiger partial charge is 0.345 e. The Bertz CT molecular complexity index is 684. The van der Waals surface area contributed by atoms with Crippen LogP contribution in [-0.2, 0) is 20.4 Å². The zero-order valence-corrected chi connectivity index (χ0v) is 17.5. The molecule has 0 atom stereocenters. The molecule has 1 aromatic rings. The van der Waals surface area contributed by atoms with Crippen molar-refractivity contribution in [3.63, 3.8) is 0 Å². The molecule has 0 amide bonds. The van der Waals surface area contributed by atoms with Gasteiger partial charge in [-0.1, -0.05) is 12.3 Å². The summed E-state index contributed by atoms with van der Waals surface area (Å²) in [5.74, 6) is 5.76. The van der Waals surface area contributed by atoms with Crippen LogP contribution in [0.15, 0.2) is 17.0 Å². The molecule has 146 valence electrons. The molecule has 3 nitrogen and oxygen atoms in total. The van der Waals surface area contributed by atoms with E-state index in [9.17, 15) is 4.79 Å². The molecular weight excluding hydrogens is 356 g/mol. The van der Waals surface area contributed by atoms with Gasteiger partial charge in [0.15, 0.2) is 17.1 Å². The summed E-state index contributed by atoms with van der Waals surface area (Å²) < 4.78 is 11.5. The molecule has 0 N–H and O–H groups in total. The molecule has 0 bridgehead atoms. The first kappa shape index (κ1) is 20.1. The van der Waals surface area contributed by atoms with E-state index in [1.807, 2.05) is 0 Å². The summed E-state index contributed by atoms with van der Waals surface area (Å²) >= 11 is 0. The van der Waals surface area contributed by atoms with E-state index < -0.39 is 5.60 Å². The second-order valence-electron chi connectivity index (χ2n) is 7.81. The minimum Gasteiger partial charge on any atom is -0.481 e. The summed E-state index contributed by atoms with van der Waals surface area (Å²) in [5, 5.41) is 0. The Labute approximate surface area is 166 Å². The minimum absolute atomic E-state index is 0.0871. The Hall–Kier alpha value is -1.60. The maximum absolute atomic E-state index is 12.3. The van der Waals surface area contributed by atoms with Gasteiger partial charge in [0.1, 0.15) is 17.3 Å². The third kappa shape index (κ3) is 5.02. The molecule has 1 aliphatic heterocycles. The van der Waals surface area contributed by atoms with Crippen LogP contribution in [0.25, 0.3) is 0 Å². The van der Waals surface area contributed by atoms with Gasteiger partial charge in [0, 0.05) is 10.9 Å². The molecule has 0 spiro atoms. The standard InChI is InChI=1S/C23H31O3S/c1-4-23(11-7-5-8-12-23)26-21(24)17-25-22-18(2)15-20(16-19(22)3)27-13-9-6-10-14-27/h1,15-16H,5-14,17H2,2-3H3/q+1. The molecule has 4 heteroatoms. The van der Waals surface area contributed by atoms with Gasteiger partial charge in [0.05, 0.1) is 0 Å². The van der Waals surface area contributed by atoms with Crippen molar-refractivity contribution in [2.45, 2.75) is 75.7 Å². The Morgan fingerprint density at radius 3 is 2.26 bits per heavy atom. The summed E-state index contributed by atoms with van der Waals surface area (Å²) in [6, 6.07) is 4.48. The Morgan fingerprint density at radius 2 is 1.67 bits per heavy atom. The molecule has 1 saturated heterocycles. The van der Waals surface area contributed by atoms with Crippen molar-refractivity contribution in [2.75, 3.05) is 18.1 Å². The summed E-state index contributed by atoms with van der Waals surface area (Å²) in [5.41, 5.74) is 1.47. The number of carbonyl (C=O) groups is 1. The largest absolute Gasteiger partial charge is 0.481 e. The maximum Gasteiger partial charge on any atom is 0.345 e. The first-order valence-corrected chi connectivity index (χ1v) is 11.7. The van der Waals surface area contributed by atoms with Crippen LogP contribution in [0.2, 0.25) is 0 Å². The molecule has 0 radical (unpaired) electrons. The molecule has 2 aliphatic rings. The van der Waals surface area contributed by atoms with Crippen LogP contribution in [0.4, 0.5) is 0 Å². The van der Waals surface area contributed by atoms with Crippen LogP contribution >= 0.6 is 0 Å². The Balaban J connectivity index is 1.62. The van der Waals surface area contributed by atoms with E-state index in [4.69, 9.17) is 15.9 Å². The monoisotopic (exact) mass is 387 g/mol. The van der Waals surface area contributed by atoms with Gasteiger partial charge >= 0.3 is 5.97 Å². The zero-order chi connectivity index (χ0) is 19.3. The van der Waals surface area contributed by atoms with Crippen molar-refractivity contribution in [3.8, 4) is 18.1 Å². The summed E-state index contributed by atoms with van der Waals surface area (Å²) in [6.07, 6.45) is 14.4. The SMILES string of the molecule is C#CC1(OC(=O)COc2c(C)cc([S+]3CCCCC3)cc2C)CCCCC1. The lowest BCUT2D eigenvalue weighted by molar-refractivity contribution is -0.159. The van der Waals surface area contributed by atoms with E-state index in [-0.39, 0.29) is 12.6 Å². The third-order valence-electron chi connectivity index (χ3n) is 5.62. The van der Waals surface area contributed by atoms with Crippen LogP contribution in [0.3, 0.4) is 0 Å². The quantitative estimate of drug-likeness (QED) is 0.416. The number of hydrogen-bond acceptors (Lipinski definition) is 3. The van der Waals surface area contributed by atoms with Crippen LogP contribution in [0.5, 0.6) is 5.75 Å². The van der Waals surface area contributed by atoms with Gasteiger partial charge in [-0.15, -0.1) is 6.42 Å². The topological polar surface area (TPSA) is 35.5 Å². The molecule has 3 rings (SSSR count). The first-order chi connectivity index (χ1) is 13.0. The van der Waals surface area contributed by atoms with Crippen LogP contribution in [0.1, 0.15) is 62.5 Å². The zero-order valence-electron chi connectivity index (χ0n) is 16.6. The number of rotatable bonds is 5. The molecule has 1 heterocycles. The second kappa shape index (κ2) is 9.06. The molecular formula is C23H31O3S+. The van der Waals surface area contributed by atoms with Crippen LogP contribution in [-0.4, -0.2) is 29.7 Å². The second-order valence-corrected chi connectivity index (χ2v) is 10.1. The van der Waals surface area contributed by atoms with Crippen molar-refractivity contribution in [1.29, 1.82) is 0 Å². The van der Waals surface area contributed by atoms with Gasteiger partial charge < -0.3 is 9.47 Å². The minimum atomic E-state index is -0.727. The predicted molar refractivity (Wildman–Crippen MR) is 111 cm³/mol. The summed E-state index contributed by atoms with van der Waals surface area (Å²) in [4.78, 5) is 13.8. The van der Waals surface area contributed by atoms with Crippen molar-refractivity contribution in [3.05, 3.63) is 23.3 Å². The number of hydrogen-bond donors (Lipinski definition) is 0. The number of terminal acetylenes is 1. The third-order valence-corrected chi connectivity index (χ3v) is 8.08. The Kier molecular flexibility index (Phi) is 6.76. The van der Waals surface area contributed by atoms with Crippen LogP contribution in [0, 0.1) is 26.2 Å². The molecule has 2 fully saturated rings. The lowest BCUT2D eigenvalue weighted by Gasteiger charge is -2.31. The predicted octanol–water partition coefficient (Wildman–Crippen LogP) is 4.72. The van der Waals surface area contributed by atoms with Crippen molar-refractivity contribution < 1.29 is 14.3 Å². The van der Waals surface area contributed by atoms with Gasteiger partial charge in [0.25, 0.3) is 0 Å². The molecule has 1 saturated carbocycles. The number of carbonyl (C=O) groups excluding carboxylic acids is 1. The van der Waals surface area contributed by atoms with E-state index in [0.717, 1.165) is 49.0 Å². The van der Waals surface area contributed by atoms with Gasteiger partial charge in [-0.05, 0) is 82.1 Å². The fraction of sp³-hybridized carbons (Fsp3) is 0.609. The highest BCUT2D eigenvalue weighted by Crippen LogP contribution is 2.32. The average Bonchev–Trinajstić information content (AvgIpc) is 2.68. The highest BCUT2D eigenvalue weighted by Gasteiger charge is 2.34. The number of aryl methyl sites for hydroxylation is 2. The fourth-order valence-corrected chi connectivity index (χ4v) is 6.62. The lowest BCUT2D eigenvalue weighted by atomic mass is 9.85. The molecule has 1 aliphatic carbocycles. The van der Waals surface area contributed by atoms with E-state index in [1.54, 1.807) is 0 Å². The van der Waals surface area contributed by atoms with Crippen molar-refractivity contribution in [1.82, 2.24) is 0 Å². The Morgan fingerprint density at radius 1 is 1.07 bits per heavy atom. The molecule has 0 unspecified atom stereocenters. The molecule has 27 heavy (non-hydrogen) atoms. The number of ether oxygens (including phenoxy) is 2. The van der Waals surface area contributed by atoms with E-state index in [1.165, 1.54) is 35.7 Å². The maximum atomic E-state index is 12.3. The average molecular weight is 388 g/mol. The summed E-state index contributed by atoms with van der Waals surface area (Å²) in [7, 11) is 0.369. The molecule has 1 aromatic carbocycles. The highest BCUT2D eigenvalue weighted by atomic mass is 32.2. The van der Waals surface area contributed by atoms with Crippen molar-refractivity contribution in [2.24, 2.45) is 0 Å². The van der Waals surface area contributed by atoms with Gasteiger partial charge in [-0.25, -0.2) is 4.79 Å². The van der Waals surface area contributed by atoms with E-state index >= 15 is 0 Å². The first-order valence-electron chi connectivity index (χ1n) is 10.1. The van der Waals surface area contributed by atoms with Gasteiger partial charge in [-0.2, -0.15) is 0 Å². The lowest BCUT2D eigenvalue weighted by Crippen LogP contribution is -2.37. The van der Waals surface area contributed by atoms with Gasteiger partial charge in [-0.3, -0.25) is 0 Å². The van der Waals surface area contributed by atoms with Crippen molar-refractivity contribution >= 4 is 16.9 Å². The van der Waals surface area contributed by atoms with E-state index in [2.05, 4.69) is 31.9 Å². The number of esters is 1. The van der Waals surface area contributed by atoms with E-state index in [0.29, 0.717) is 10.9 Å².